The van der Waals surface area contributed by atoms with E-state index in [9.17, 15) is 14.3 Å². The maximum atomic E-state index is 13.6. The van der Waals surface area contributed by atoms with Crippen LogP contribution in [0.25, 0.3) is 0 Å². The zero-order valence-corrected chi connectivity index (χ0v) is 12.1. The molecule has 0 heterocycles. The number of hydrogen-bond donors (Lipinski definition) is 2. The van der Waals surface area contributed by atoms with Crippen LogP contribution in [0.5, 0.6) is 5.75 Å². The van der Waals surface area contributed by atoms with E-state index in [0.29, 0.717) is 12.2 Å². The van der Waals surface area contributed by atoms with Crippen LogP contribution in [-0.2, 0) is 11.3 Å². The number of aliphatic hydroxyl groups excluding tert-OH is 1. The van der Waals surface area contributed by atoms with E-state index in [0.717, 1.165) is 0 Å². The van der Waals surface area contributed by atoms with Gasteiger partial charge < -0.3 is 15.2 Å². The fraction of sp³-hybridized carbons (Fsp3) is 0.533. The Kier molecular flexibility index (Phi) is 6.45. The van der Waals surface area contributed by atoms with Gasteiger partial charge in [0.1, 0.15) is 0 Å². The molecule has 0 bridgehead atoms. The molecule has 0 saturated carbocycles. The maximum Gasteiger partial charge on any atom is 0.222 e. The molecular formula is C15H22FNO3. The Bertz CT molecular complexity index is 449. The first-order chi connectivity index (χ1) is 9.43. The van der Waals surface area contributed by atoms with Gasteiger partial charge in [-0.1, -0.05) is 19.9 Å². The summed E-state index contributed by atoms with van der Waals surface area (Å²) in [7, 11) is 0. The number of nitrogens with one attached hydrogen (secondary N) is 1. The third kappa shape index (κ3) is 5.17. The number of hydrogen-bond acceptors (Lipinski definition) is 3. The lowest BCUT2D eigenvalue weighted by atomic mass is 10.0. The van der Waals surface area contributed by atoms with Crippen LogP contribution >= 0.6 is 0 Å². The summed E-state index contributed by atoms with van der Waals surface area (Å²) in [5, 5.41) is 12.3. The molecule has 112 valence electrons. The van der Waals surface area contributed by atoms with E-state index >= 15 is 0 Å². The lowest BCUT2D eigenvalue weighted by molar-refractivity contribution is -0.123. The minimum absolute atomic E-state index is 0.0312. The van der Waals surface area contributed by atoms with Crippen molar-refractivity contribution < 1.29 is 19.0 Å². The standard InChI is InChI=1S/C15H22FNO3/c1-4-20-14-6-5-11(7-12(14)16)9-17-15(19)8-13(18)10(2)3/h5-7,10,13,18H,4,8-9H2,1-3H3,(H,17,19). The molecule has 0 spiro atoms. The highest BCUT2D eigenvalue weighted by atomic mass is 19.1. The second-order valence-corrected chi connectivity index (χ2v) is 4.99. The van der Waals surface area contributed by atoms with Crippen LogP contribution < -0.4 is 10.1 Å². The van der Waals surface area contributed by atoms with Crippen molar-refractivity contribution in [2.75, 3.05) is 6.61 Å². The van der Waals surface area contributed by atoms with Gasteiger partial charge in [-0.15, -0.1) is 0 Å². The minimum atomic E-state index is -0.660. The normalized spacial score (nSPS) is 12.3. The molecule has 1 unspecified atom stereocenters. The van der Waals surface area contributed by atoms with E-state index in [1.807, 2.05) is 13.8 Å². The van der Waals surface area contributed by atoms with E-state index in [2.05, 4.69) is 5.32 Å². The highest BCUT2D eigenvalue weighted by Crippen LogP contribution is 2.18. The van der Waals surface area contributed by atoms with Gasteiger partial charge in [-0.25, -0.2) is 4.39 Å². The number of carbonyl (C=O) groups excluding carboxylic acids is 1. The summed E-state index contributed by atoms with van der Waals surface area (Å²) in [6, 6.07) is 4.58. The second kappa shape index (κ2) is 7.85. The summed E-state index contributed by atoms with van der Waals surface area (Å²) >= 11 is 0. The molecule has 2 N–H and O–H groups in total. The van der Waals surface area contributed by atoms with E-state index in [1.165, 1.54) is 6.07 Å². The molecule has 0 saturated heterocycles. The molecule has 1 aromatic rings. The maximum absolute atomic E-state index is 13.6. The topological polar surface area (TPSA) is 58.6 Å². The van der Waals surface area contributed by atoms with Crippen LogP contribution in [0.4, 0.5) is 4.39 Å². The van der Waals surface area contributed by atoms with Crippen molar-refractivity contribution in [3.8, 4) is 5.75 Å². The Morgan fingerprint density at radius 1 is 1.45 bits per heavy atom. The van der Waals surface area contributed by atoms with Gasteiger partial charge in [0.05, 0.1) is 19.1 Å². The monoisotopic (exact) mass is 283 g/mol. The largest absolute Gasteiger partial charge is 0.491 e. The van der Waals surface area contributed by atoms with E-state index in [-0.39, 0.29) is 30.5 Å². The summed E-state index contributed by atoms with van der Waals surface area (Å²) in [5.74, 6) is -0.456. The van der Waals surface area contributed by atoms with Gasteiger partial charge in [0.2, 0.25) is 5.91 Å². The molecule has 1 aromatic carbocycles. The summed E-state index contributed by atoms with van der Waals surface area (Å²) in [6.45, 7) is 6.11. The predicted molar refractivity (Wildman–Crippen MR) is 74.9 cm³/mol. The van der Waals surface area contributed by atoms with Crippen LogP contribution in [0.2, 0.25) is 0 Å². The average molecular weight is 283 g/mol. The van der Waals surface area contributed by atoms with Gasteiger partial charge in [-0.05, 0) is 30.5 Å². The van der Waals surface area contributed by atoms with Crippen molar-refractivity contribution in [1.29, 1.82) is 0 Å². The number of carbonyl (C=O) groups is 1. The second-order valence-electron chi connectivity index (χ2n) is 4.99. The Labute approximate surface area is 119 Å². The van der Waals surface area contributed by atoms with Crippen molar-refractivity contribution in [2.24, 2.45) is 5.92 Å². The fourth-order valence-electron chi connectivity index (χ4n) is 1.63. The lowest BCUT2D eigenvalue weighted by Gasteiger charge is -2.14. The molecule has 0 aliphatic carbocycles. The molecule has 1 atom stereocenters. The highest BCUT2D eigenvalue weighted by molar-refractivity contribution is 5.76. The molecule has 0 aliphatic heterocycles. The van der Waals surface area contributed by atoms with Gasteiger partial charge in [0.25, 0.3) is 0 Å². The molecular weight excluding hydrogens is 261 g/mol. The van der Waals surface area contributed by atoms with Crippen molar-refractivity contribution in [3.63, 3.8) is 0 Å². The Morgan fingerprint density at radius 2 is 2.15 bits per heavy atom. The Morgan fingerprint density at radius 3 is 2.70 bits per heavy atom. The van der Waals surface area contributed by atoms with Gasteiger partial charge in [-0.2, -0.15) is 0 Å². The lowest BCUT2D eigenvalue weighted by Crippen LogP contribution is -2.29. The zero-order chi connectivity index (χ0) is 15.1. The van der Waals surface area contributed by atoms with Crippen LogP contribution in [0, 0.1) is 11.7 Å². The summed E-state index contributed by atoms with van der Waals surface area (Å²) in [5.41, 5.74) is 0.651. The molecule has 0 fully saturated rings. The zero-order valence-electron chi connectivity index (χ0n) is 12.1. The molecule has 0 aromatic heterocycles. The van der Waals surface area contributed by atoms with Crippen molar-refractivity contribution in [3.05, 3.63) is 29.6 Å². The molecule has 0 radical (unpaired) electrons. The van der Waals surface area contributed by atoms with Crippen LogP contribution in [0.3, 0.4) is 0 Å². The van der Waals surface area contributed by atoms with Gasteiger partial charge >= 0.3 is 0 Å². The first-order valence-electron chi connectivity index (χ1n) is 6.80. The van der Waals surface area contributed by atoms with E-state index in [1.54, 1.807) is 19.1 Å². The molecule has 5 heteroatoms. The molecule has 20 heavy (non-hydrogen) atoms. The van der Waals surface area contributed by atoms with Gasteiger partial charge in [-0.3, -0.25) is 4.79 Å². The highest BCUT2D eigenvalue weighted by Gasteiger charge is 2.14. The number of aliphatic hydroxyl groups is 1. The van der Waals surface area contributed by atoms with E-state index < -0.39 is 11.9 Å². The van der Waals surface area contributed by atoms with Gasteiger partial charge in [0, 0.05) is 6.54 Å². The molecule has 4 nitrogen and oxygen atoms in total. The summed E-state index contributed by atoms with van der Waals surface area (Å²) < 4.78 is 18.7. The smallest absolute Gasteiger partial charge is 0.222 e. The Hall–Kier alpha value is -1.62. The number of benzene rings is 1. The third-order valence-electron chi connectivity index (χ3n) is 2.95. The predicted octanol–water partition coefficient (Wildman–Crippen LogP) is 2.25. The minimum Gasteiger partial charge on any atom is -0.491 e. The van der Waals surface area contributed by atoms with Gasteiger partial charge in [0.15, 0.2) is 11.6 Å². The average Bonchev–Trinajstić information content (AvgIpc) is 2.39. The van der Waals surface area contributed by atoms with Crippen LogP contribution in [0.15, 0.2) is 18.2 Å². The fourth-order valence-corrected chi connectivity index (χ4v) is 1.63. The van der Waals surface area contributed by atoms with Crippen LogP contribution in [0.1, 0.15) is 32.8 Å². The number of ether oxygens (including phenoxy) is 1. The molecule has 0 aliphatic rings. The summed E-state index contributed by atoms with van der Waals surface area (Å²) in [6.07, 6.45) is -0.607. The first kappa shape index (κ1) is 16.4. The van der Waals surface area contributed by atoms with E-state index in [4.69, 9.17) is 4.74 Å². The third-order valence-corrected chi connectivity index (χ3v) is 2.95. The van der Waals surface area contributed by atoms with Crippen LogP contribution in [-0.4, -0.2) is 23.7 Å². The van der Waals surface area contributed by atoms with Crippen molar-refractivity contribution in [2.45, 2.75) is 39.8 Å². The van der Waals surface area contributed by atoms with Crippen molar-refractivity contribution >= 4 is 5.91 Å². The number of halogens is 1. The SMILES string of the molecule is CCOc1ccc(CNC(=O)CC(O)C(C)C)cc1F. The molecule has 1 amide bonds. The molecule has 1 rings (SSSR count). The Balaban J connectivity index is 2.49. The number of rotatable bonds is 7. The summed E-state index contributed by atoms with van der Waals surface area (Å²) in [4.78, 5) is 11.6. The van der Waals surface area contributed by atoms with Crippen molar-refractivity contribution in [1.82, 2.24) is 5.32 Å². The first-order valence-corrected chi connectivity index (χ1v) is 6.80. The quantitative estimate of drug-likeness (QED) is 0.807. The number of amides is 1.